The molecular weight excluding hydrogens is 442 g/mol. The maximum Gasteiger partial charge on any atom is 0.271 e. The van der Waals surface area contributed by atoms with Crippen LogP contribution in [0.1, 0.15) is 13.3 Å². The molecule has 0 saturated carbocycles. The van der Waals surface area contributed by atoms with Gasteiger partial charge in [-0.2, -0.15) is 0 Å². The van der Waals surface area contributed by atoms with Gasteiger partial charge in [-0.25, -0.2) is 8.42 Å². The third-order valence-electron chi connectivity index (χ3n) is 4.30. The first-order valence-corrected chi connectivity index (χ1v) is 11.8. The molecule has 0 radical (unpaired) electrons. The average molecular weight is 462 g/mol. The quantitative estimate of drug-likeness (QED) is 0.401. The molecule has 0 aliphatic heterocycles. The van der Waals surface area contributed by atoms with Gasteiger partial charge in [-0.05, 0) is 12.5 Å². The summed E-state index contributed by atoms with van der Waals surface area (Å²) in [5.41, 5.74) is 0.584. The molecule has 1 aromatic heterocycles. The fourth-order valence-corrected chi connectivity index (χ4v) is 4.92. The van der Waals surface area contributed by atoms with Crippen LogP contribution in [0.15, 0.2) is 54.6 Å². The number of hydrogen-bond donors (Lipinski definition) is 1. The Morgan fingerprint density at radius 3 is 2.52 bits per heavy atom. The first kappa shape index (κ1) is 22.3. The lowest BCUT2D eigenvalue weighted by molar-refractivity contribution is -0.384. The van der Waals surface area contributed by atoms with Crippen LogP contribution in [0.4, 0.5) is 16.5 Å². The molecule has 162 valence electrons. The minimum absolute atomic E-state index is 0.0286. The molecule has 1 N–H and O–H groups in total. The Bertz CT molecular complexity index is 1200. The summed E-state index contributed by atoms with van der Waals surface area (Å²) in [5, 5.41) is 22.5. The third-order valence-corrected chi connectivity index (χ3v) is 6.37. The van der Waals surface area contributed by atoms with Crippen molar-refractivity contribution in [1.82, 2.24) is 10.2 Å². The summed E-state index contributed by atoms with van der Waals surface area (Å²) in [6, 6.07) is 13.3. The normalized spacial score (nSPS) is 12.2. The van der Waals surface area contributed by atoms with E-state index in [2.05, 4.69) is 15.5 Å². The summed E-state index contributed by atoms with van der Waals surface area (Å²) in [6.45, 7) is 1.65. The molecule has 0 saturated heterocycles. The average Bonchev–Trinajstić information content (AvgIpc) is 3.20. The van der Waals surface area contributed by atoms with Gasteiger partial charge in [0.15, 0.2) is 0 Å². The number of benzene rings is 2. The van der Waals surface area contributed by atoms with Crippen molar-refractivity contribution >= 4 is 43.8 Å². The Hall–Kier alpha value is -3.38. The maximum atomic E-state index is 13.0. The summed E-state index contributed by atoms with van der Waals surface area (Å²) in [4.78, 5) is 23.4. The summed E-state index contributed by atoms with van der Waals surface area (Å²) in [5.74, 6) is -0.616. The molecule has 2 aromatic carbocycles. The van der Waals surface area contributed by atoms with Crippen LogP contribution >= 0.6 is 11.3 Å². The number of nitro benzene ring substituents is 1. The van der Waals surface area contributed by atoms with Gasteiger partial charge in [0.25, 0.3) is 5.69 Å². The Labute approximate surface area is 182 Å². The van der Waals surface area contributed by atoms with Crippen molar-refractivity contribution in [2.24, 2.45) is 0 Å². The highest BCUT2D eigenvalue weighted by Gasteiger charge is 2.32. The van der Waals surface area contributed by atoms with Gasteiger partial charge in [0.2, 0.25) is 21.1 Å². The predicted octanol–water partition coefficient (Wildman–Crippen LogP) is 3.30. The number of nitro groups is 1. The van der Waals surface area contributed by atoms with Gasteiger partial charge in [0.05, 0.1) is 16.9 Å². The fourth-order valence-electron chi connectivity index (χ4n) is 2.96. The Morgan fingerprint density at radius 2 is 1.90 bits per heavy atom. The topological polar surface area (TPSA) is 135 Å². The van der Waals surface area contributed by atoms with Gasteiger partial charge in [0.1, 0.15) is 11.0 Å². The third kappa shape index (κ3) is 5.22. The van der Waals surface area contributed by atoms with Crippen LogP contribution in [0.25, 0.3) is 10.6 Å². The molecular formula is C19H19N5O5S2. The van der Waals surface area contributed by atoms with E-state index in [-0.39, 0.29) is 22.9 Å². The van der Waals surface area contributed by atoms with Crippen molar-refractivity contribution in [3.8, 4) is 10.6 Å². The van der Waals surface area contributed by atoms with E-state index in [4.69, 9.17) is 0 Å². The van der Waals surface area contributed by atoms with E-state index in [1.54, 1.807) is 6.92 Å². The molecule has 1 amide bonds. The second-order valence-corrected chi connectivity index (χ2v) is 9.36. The second-order valence-electron chi connectivity index (χ2n) is 6.53. The largest absolute Gasteiger partial charge is 0.299 e. The number of nitrogens with zero attached hydrogens (tertiary/aromatic N) is 4. The Kier molecular flexibility index (Phi) is 6.61. The number of aromatic nitrogens is 2. The molecule has 3 aromatic rings. The number of carbonyl (C=O) groups is 1. The van der Waals surface area contributed by atoms with Crippen LogP contribution in [0.5, 0.6) is 0 Å². The Morgan fingerprint density at radius 1 is 1.19 bits per heavy atom. The molecule has 12 heteroatoms. The zero-order chi connectivity index (χ0) is 22.6. The fraction of sp³-hybridized carbons (Fsp3) is 0.211. The van der Waals surface area contributed by atoms with Crippen molar-refractivity contribution in [1.29, 1.82) is 0 Å². The Balaban J connectivity index is 1.89. The summed E-state index contributed by atoms with van der Waals surface area (Å²) in [6.07, 6.45) is 1.08. The number of nitrogens with one attached hydrogen (secondary N) is 1. The van der Waals surface area contributed by atoms with Crippen LogP contribution in [0.2, 0.25) is 0 Å². The lowest BCUT2D eigenvalue weighted by Crippen LogP contribution is -2.47. The first-order chi connectivity index (χ1) is 14.7. The maximum absolute atomic E-state index is 13.0. The lowest BCUT2D eigenvalue weighted by atomic mass is 10.2. The second kappa shape index (κ2) is 9.18. The smallest absolute Gasteiger partial charge is 0.271 e. The van der Waals surface area contributed by atoms with Crippen molar-refractivity contribution < 1.29 is 18.1 Å². The monoisotopic (exact) mass is 461 g/mol. The molecule has 0 fully saturated rings. The molecule has 0 aliphatic rings. The van der Waals surface area contributed by atoms with Gasteiger partial charge in [-0.1, -0.05) is 54.7 Å². The summed E-state index contributed by atoms with van der Waals surface area (Å²) < 4.78 is 25.9. The highest BCUT2D eigenvalue weighted by atomic mass is 32.2. The number of amides is 1. The van der Waals surface area contributed by atoms with Crippen LogP contribution in [0, 0.1) is 10.1 Å². The molecule has 31 heavy (non-hydrogen) atoms. The summed E-state index contributed by atoms with van der Waals surface area (Å²) in [7, 11) is -3.93. The molecule has 3 rings (SSSR count). The van der Waals surface area contributed by atoms with Crippen molar-refractivity contribution in [3.63, 3.8) is 0 Å². The molecule has 0 unspecified atom stereocenters. The summed E-state index contributed by atoms with van der Waals surface area (Å²) >= 11 is 1.15. The van der Waals surface area contributed by atoms with Crippen molar-refractivity contribution in [2.45, 2.75) is 19.4 Å². The van der Waals surface area contributed by atoms with Crippen LogP contribution in [-0.4, -0.2) is 41.7 Å². The number of hydrogen-bond acceptors (Lipinski definition) is 8. The van der Waals surface area contributed by atoms with Crippen LogP contribution in [-0.2, 0) is 14.8 Å². The number of anilines is 2. The predicted molar refractivity (Wildman–Crippen MR) is 118 cm³/mol. The lowest BCUT2D eigenvalue weighted by Gasteiger charge is -2.29. The van der Waals surface area contributed by atoms with E-state index < -0.39 is 26.9 Å². The van der Waals surface area contributed by atoms with Crippen LogP contribution < -0.4 is 9.62 Å². The van der Waals surface area contributed by atoms with E-state index in [0.29, 0.717) is 5.01 Å². The standard InChI is InChI=1S/C19H19N5O5S2/c1-3-16(23(31(2,28)29)14-10-7-11-15(12-14)24(26)27)17(25)20-19-22-21-18(30-19)13-8-5-4-6-9-13/h4-12,16H,3H2,1-2H3,(H,20,22,25)/t16-/m0/s1. The number of sulfonamides is 1. The highest BCUT2D eigenvalue weighted by Crippen LogP contribution is 2.29. The minimum Gasteiger partial charge on any atom is -0.299 e. The molecule has 0 aliphatic carbocycles. The minimum atomic E-state index is -3.93. The first-order valence-electron chi connectivity index (χ1n) is 9.14. The van der Waals surface area contributed by atoms with E-state index in [0.717, 1.165) is 33.5 Å². The molecule has 1 heterocycles. The highest BCUT2D eigenvalue weighted by molar-refractivity contribution is 7.92. The molecule has 10 nitrogen and oxygen atoms in total. The van der Waals surface area contributed by atoms with E-state index in [1.807, 2.05) is 30.3 Å². The van der Waals surface area contributed by atoms with Gasteiger partial charge < -0.3 is 0 Å². The van der Waals surface area contributed by atoms with E-state index >= 15 is 0 Å². The van der Waals surface area contributed by atoms with Gasteiger partial charge in [-0.15, -0.1) is 10.2 Å². The van der Waals surface area contributed by atoms with Crippen molar-refractivity contribution in [2.75, 3.05) is 15.9 Å². The zero-order valence-electron chi connectivity index (χ0n) is 16.6. The SMILES string of the molecule is CC[C@@H](C(=O)Nc1nnc(-c2ccccc2)s1)N(c1cccc([N+](=O)[O-])c1)S(C)(=O)=O. The van der Waals surface area contributed by atoms with E-state index in [9.17, 15) is 23.3 Å². The molecule has 1 atom stereocenters. The molecule has 0 bridgehead atoms. The zero-order valence-corrected chi connectivity index (χ0v) is 18.3. The van der Waals surface area contributed by atoms with E-state index in [1.165, 1.54) is 18.2 Å². The van der Waals surface area contributed by atoms with Gasteiger partial charge in [0, 0.05) is 17.7 Å². The van der Waals surface area contributed by atoms with Gasteiger partial charge in [-0.3, -0.25) is 24.5 Å². The molecule has 0 spiro atoms. The van der Waals surface area contributed by atoms with Gasteiger partial charge >= 0.3 is 0 Å². The van der Waals surface area contributed by atoms with Crippen molar-refractivity contribution in [3.05, 3.63) is 64.7 Å². The number of rotatable bonds is 8. The number of carbonyl (C=O) groups excluding carboxylic acids is 1. The van der Waals surface area contributed by atoms with Crippen LogP contribution in [0.3, 0.4) is 0 Å². The number of non-ortho nitro benzene ring substituents is 1.